The monoisotopic (exact) mass is 233 g/mol. The second kappa shape index (κ2) is 5.66. The number of pyridine rings is 1. The van der Waals surface area contributed by atoms with E-state index in [0.29, 0.717) is 18.3 Å². The van der Waals surface area contributed by atoms with Crippen LogP contribution in [0.4, 0.5) is 0 Å². The molecular formula is C13H19N3O. The average Bonchev–Trinajstić information content (AvgIpc) is 2.90. The Morgan fingerprint density at radius 1 is 1.53 bits per heavy atom. The molecule has 0 amide bonds. The number of nitrogens with zero attached hydrogens (tertiary/aromatic N) is 2. The summed E-state index contributed by atoms with van der Waals surface area (Å²) in [7, 11) is 1.61. The van der Waals surface area contributed by atoms with Gasteiger partial charge in [0.05, 0.1) is 19.5 Å². The highest BCUT2D eigenvalue weighted by Gasteiger charge is 2.18. The number of aromatic nitrogens is 1. The standard InChI is InChI=1S/C13H19N3O/c1-17-12-8-10(6-7-15-12)9-16-13(14)11-4-2-3-5-11/h6-8,11H,2-5,9H2,1H3,(H2,14,16). The first kappa shape index (κ1) is 11.9. The first-order valence-electron chi connectivity index (χ1n) is 6.08. The van der Waals surface area contributed by atoms with Gasteiger partial charge >= 0.3 is 0 Å². The molecule has 92 valence electrons. The Morgan fingerprint density at radius 3 is 3.00 bits per heavy atom. The maximum Gasteiger partial charge on any atom is 0.213 e. The van der Waals surface area contributed by atoms with Crippen molar-refractivity contribution < 1.29 is 4.74 Å². The summed E-state index contributed by atoms with van der Waals surface area (Å²) in [6.07, 6.45) is 6.67. The van der Waals surface area contributed by atoms with Crippen molar-refractivity contribution in [1.82, 2.24) is 4.98 Å². The van der Waals surface area contributed by atoms with Gasteiger partial charge in [-0.2, -0.15) is 0 Å². The van der Waals surface area contributed by atoms with E-state index in [4.69, 9.17) is 10.5 Å². The van der Waals surface area contributed by atoms with E-state index in [0.717, 1.165) is 11.4 Å². The Balaban J connectivity index is 1.97. The lowest BCUT2D eigenvalue weighted by Gasteiger charge is -2.08. The van der Waals surface area contributed by atoms with E-state index >= 15 is 0 Å². The van der Waals surface area contributed by atoms with Gasteiger partial charge in [0.2, 0.25) is 5.88 Å². The highest BCUT2D eigenvalue weighted by atomic mass is 16.5. The molecule has 1 saturated carbocycles. The minimum Gasteiger partial charge on any atom is -0.481 e. The maximum atomic E-state index is 6.00. The van der Waals surface area contributed by atoms with Crippen LogP contribution in [0.1, 0.15) is 31.2 Å². The molecular weight excluding hydrogens is 214 g/mol. The fraction of sp³-hybridized carbons (Fsp3) is 0.538. The van der Waals surface area contributed by atoms with E-state index in [1.807, 2.05) is 12.1 Å². The molecule has 0 radical (unpaired) electrons. The summed E-state index contributed by atoms with van der Waals surface area (Å²) in [5, 5.41) is 0. The molecule has 2 N–H and O–H groups in total. The quantitative estimate of drug-likeness (QED) is 0.640. The number of nitrogens with two attached hydrogens (primary N) is 1. The summed E-state index contributed by atoms with van der Waals surface area (Å²) in [6.45, 7) is 0.612. The Hall–Kier alpha value is -1.58. The van der Waals surface area contributed by atoms with Gasteiger partial charge in [-0.05, 0) is 24.5 Å². The average molecular weight is 233 g/mol. The van der Waals surface area contributed by atoms with Crippen molar-refractivity contribution in [3.8, 4) is 5.88 Å². The van der Waals surface area contributed by atoms with Crippen LogP contribution < -0.4 is 10.5 Å². The molecule has 0 spiro atoms. The molecule has 1 aliphatic rings. The predicted octanol–water partition coefficient (Wildman–Crippen LogP) is 2.14. The van der Waals surface area contributed by atoms with E-state index in [1.165, 1.54) is 25.7 Å². The van der Waals surface area contributed by atoms with Crippen LogP contribution in [0.3, 0.4) is 0 Å². The van der Waals surface area contributed by atoms with Crippen LogP contribution in [0.15, 0.2) is 23.3 Å². The third kappa shape index (κ3) is 3.19. The zero-order valence-electron chi connectivity index (χ0n) is 10.2. The minimum atomic E-state index is 0.499. The molecule has 1 aromatic heterocycles. The van der Waals surface area contributed by atoms with Crippen molar-refractivity contribution in [1.29, 1.82) is 0 Å². The van der Waals surface area contributed by atoms with Crippen molar-refractivity contribution in [2.45, 2.75) is 32.2 Å². The summed E-state index contributed by atoms with van der Waals surface area (Å²) in [6, 6.07) is 3.83. The Kier molecular flexibility index (Phi) is 3.96. The van der Waals surface area contributed by atoms with Crippen LogP contribution in [0, 0.1) is 5.92 Å². The number of rotatable bonds is 4. The largest absolute Gasteiger partial charge is 0.481 e. The molecule has 0 unspecified atom stereocenters. The smallest absolute Gasteiger partial charge is 0.213 e. The second-order valence-corrected chi connectivity index (χ2v) is 4.43. The van der Waals surface area contributed by atoms with Gasteiger partial charge in [0.15, 0.2) is 0 Å². The van der Waals surface area contributed by atoms with E-state index in [-0.39, 0.29) is 0 Å². The zero-order valence-corrected chi connectivity index (χ0v) is 10.2. The Morgan fingerprint density at radius 2 is 2.29 bits per heavy atom. The molecule has 1 fully saturated rings. The van der Waals surface area contributed by atoms with E-state index in [1.54, 1.807) is 13.3 Å². The zero-order chi connectivity index (χ0) is 12.1. The van der Waals surface area contributed by atoms with Crippen LogP contribution in [-0.4, -0.2) is 17.9 Å². The third-order valence-corrected chi connectivity index (χ3v) is 3.23. The van der Waals surface area contributed by atoms with Crippen LogP contribution >= 0.6 is 0 Å². The van der Waals surface area contributed by atoms with Crippen molar-refractivity contribution >= 4 is 5.84 Å². The van der Waals surface area contributed by atoms with E-state index in [2.05, 4.69) is 9.98 Å². The second-order valence-electron chi connectivity index (χ2n) is 4.43. The fourth-order valence-electron chi connectivity index (χ4n) is 2.19. The number of aliphatic imine (C=N–C) groups is 1. The molecule has 4 heteroatoms. The molecule has 2 rings (SSSR count). The van der Waals surface area contributed by atoms with Crippen LogP contribution in [-0.2, 0) is 6.54 Å². The first-order chi connectivity index (χ1) is 8.29. The van der Waals surface area contributed by atoms with Crippen molar-refractivity contribution in [3.05, 3.63) is 23.9 Å². The lowest BCUT2D eigenvalue weighted by Crippen LogP contribution is -2.21. The topological polar surface area (TPSA) is 60.5 Å². The Labute approximate surface area is 102 Å². The third-order valence-electron chi connectivity index (χ3n) is 3.23. The highest BCUT2D eigenvalue weighted by molar-refractivity contribution is 5.83. The SMILES string of the molecule is COc1cc(CN=C(N)C2CCCC2)ccn1. The molecule has 0 aliphatic heterocycles. The normalized spacial score (nSPS) is 17.4. The molecule has 1 heterocycles. The number of amidine groups is 1. The first-order valence-corrected chi connectivity index (χ1v) is 6.08. The van der Waals surface area contributed by atoms with Gasteiger partial charge < -0.3 is 10.5 Å². The number of hydrogen-bond donors (Lipinski definition) is 1. The minimum absolute atomic E-state index is 0.499. The summed E-state index contributed by atoms with van der Waals surface area (Å²) >= 11 is 0. The van der Waals surface area contributed by atoms with Crippen molar-refractivity contribution in [3.63, 3.8) is 0 Å². The molecule has 0 atom stereocenters. The Bertz CT molecular complexity index is 397. The molecule has 1 aromatic rings. The van der Waals surface area contributed by atoms with Crippen molar-refractivity contribution in [2.24, 2.45) is 16.6 Å². The van der Waals surface area contributed by atoms with Gasteiger partial charge in [-0.25, -0.2) is 4.98 Å². The van der Waals surface area contributed by atoms with Crippen LogP contribution in [0.5, 0.6) is 5.88 Å². The van der Waals surface area contributed by atoms with E-state index < -0.39 is 0 Å². The molecule has 0 bridgehead atoms. The maximum absolute atomic E-state index is 6.00. The summed E-state index contributed by atoms with van der Waals surface area (Å²) in [5.41, 5.74) is 7.08. The lowest BCUT2D eigenvalue weighted by molar-refractivity contribution is 0.397. The number of ether oxygens (including phenoxy) is 1. The van der Waals surface area contributed by atoms with Gasteiger partial charge in [0, 0.05) is 18.2 Å². The molecule has 17 heavy (non-hydrogen) atoms. The number of hydrogen-bond acceptors (Lipinski definition) is 3. The van der Waals surface area contributed by atoms with Gasteiger partial charge in [-0.3, -0.25) is 4.99 Å². The van der Waals surface area contributed by atoms with Gasteiger partial charge in [-0.1, -0.05) is 12.8 Å². The lowest BCUT2D eigenvalue weighted by atomic mass is 10.1. The summed E-state index contributed by atoms with van der Waals surface area (Å²) in [5.74, 6) is 1.93. The highest BCUT2D eigenvalue weighted by Crippen LogP contribution is 2.24. The van der Waals surface area contributed by atoms with Crippen LogP contribution in [0.2, 0.25) is 0 Å². The summed E-state index contributed by atoms with van der Waals surface area (Å²) < 4.78 is 5.07. The van der Waals surface area contributed by atoms with Crippen LogP contribution in [0.25, 0.3) is 0 Å². The van der Waals surface area contributed by atoms with Gasteiger partial charge in [0.25, 0.3) is 0 Å². The van der Waals surface area contributed by atoms with Crippen molar-refractivity contribution in [2.75, 3.05) is 7.11 Å². The number of methoxy groups -OCH3 is 1. The molecule has 1 aliphatic carbocycles. The fourth-order valence-corrected chi connectivity index (χ4v) is 2.19. The predicted molar refractivity (Wildman–Crippen MR) is 68.1 cm³/mol. The molecule has 0 aromatic carbocycles. The molecule has 4 nitrogen and oxygen atoms in total. The van der Waals surface area contributed by atoms with E-state index in [9.17, 15) is 0 Å². The van der Waals surface area contributed by atoms with Gasteiger partial charge in [0.1, 0.15) is 0 Å². The summed E-state index contributed by atoms with van der Waals surface area (Å²) in [4.78, 5) is 8.52. The van der Waals surface area contributed by atoms with Gasteiger partial charge in [-0.15, -0.1) is 0 Å². The molecule has 0 saturated heterocycles.